The first-order valence-corrected chi connectivity index (χ1v) is 19.0. The smallest absolute Gasteiger partial charge is 0.118 e. The standard InChI is InChI=1S/C26H24OP.C18H26O.BrH/c1-27-22-19-17-21(18-20-22)25-15-9-10-16-26(25)28(2,23-11-5-3-6-12-23)24-13-7-4-8-14-24;1-3-4-5-6-7-8-9-10-11-12-17-13-15-18(19-2)16-14-17;/h3-20H,1-2H3;7-8,11-16H,3-6,9-10H2,1-2H3;1H/q+1;;/p-1/b;8-7+,12-11?;. The van der Waals surface area contributed by atoms with E-state index in [0.29, 0.717) is 0 Å². The minimum absolute atomic E-state index is 0. The van der Waals surface area contributed by atoms with Gasteiger partial charge in [0.25, 0.3) is 0 Å². The topological polar surface area (TPSA) is 18.5 Å². The first kappa shape index (κ1) is 38.5. The highest BCUT2D eigenvalue weighted by Gasteiger charge is 2.41. The molecule has 5 aromatic rings. The summed E-state index contributed by atoms with van der Waals surface area (Å²) in [5.41, 5.74) is 3.73. The lowest BCUT2D eigenvalue weighted by molar-refractivity contribution is -0.00000999. The molecule has 5 aromatic carbocycles. The van der Waals surface area contributed by atoms with Gasteiger partial charge in [0.05, 0.1) is 20.9 Å². The van der Waals surface area contributed by atoms with Gasteiger partial charge in [-0.2, -0.15) is 0 Å². The number of ether oxygens (including phenoxy) is 2. The second-order valence-corrected chi connectivity index (χ2v) is 15.2. The minimum atomic E-state index is -1.78. The number of benzene rings is 5. The van der Waals surface area contributed by atoms with Crippen molar-refractivity contribution < 1.29 is 26.5 Å². The van der Waals surface area contributed by atoms with Crippen LogP contribution in [0, 0.1) is 0 Å². The van der Waals surface area contributed by atoms with E-state index in [1.165, 1.54) is 58.3 Å². The first-order valence-electron chi connectivity index (χ1n) is 16.8. The van der Waals surface area contributed by atoms with Crippen LogP contribution in [0.15, 0.2) is 152 Å². The van der Waals surface area contributed by atoms with E-state index in [1.807, 2.05) is 24.3 Å². The van der Waals surface area contributed by atoms with Crippen LogP contribution >= 0.6 is 7.26 Å². The summed E-state index contributed by atoms with van der Waals surface area (Å²) in [4.78, 5) is 0. The van der Waals surface area contributed by atoms with Crippen LogP contribution in [-0.2, 0) is 0 Å². The minimum Gasteiger partial charge on any atom is -1.00 e. The Kier molecular flexibility index (Phi) is 17.0. The second kappa shape index (κ2) is 21.1. The maximum atomic E-state index is 5.35. The SMILES string of the molecule is CCCCC/C=C/CCC=Cc1ccc(OC)cc1.COc1ccc(-c2ccccc2[P+](C)(c2ccccc2)c2ccccc2)cc1.[Br-]. The largest absolute Gasteiger partial charge is 1.00 e. The molecule has 250 valence electrons. The molecule has 5 rings (SSSR count). The number of hydrogen-bond donors (Lipinski definition) is 0. The number of unbranched alkanes of at least 4 members (excludes halogenated alkanes) is 4. The van der Waals surface area contributed by atoms with Crippen molar-refractivity contribution in [1.29, 1.82) is 0 Å². The van der Waals surface area contributed by atoms with Crippen molar-refractivity contribution in [3.63, 3.8) is 0 Å². The Hall–Kier alpha value is -3.91. The van der Waals surface area contributed by atoms with Gasteiger partial charge in [-0.25, -0.2) is 0 Å². The molecule has 0 N–H and O–H groups in total. The zero-order valence-electron chi connectivity index (χ0n) is 28.9. The number of rotatable bonds is 14. The van der Waals surface area contributed by atoms with E-state index in [0.717, 1.165) is 24.3 Å². The molecule has 0 bridgehead atoms. The normalized spacial score (nSPS) is 11.1. The summed E-state index contributed by atoms with van der Waals surface area (Å²) in [6, 6.07) is 47.2. The van der Waals surface area contributed by atoms with Gasteiger partial charge in [-0.1, -0.05) is 123 Å². The molecule has 0 heterocycles. The maximum absolute atomic E-state index is 5.35. The molecular weight excluding hydrogens is 671 g/mol. The Morgan fingerprint density at radius 3 is 1.60 bits per heavy atom. The lowest BCUT2D eigenvalue weighted by Crippen LogP contribution is -3.00. The lowest BCUT2D eigenvalue weighted by atomic mass is 10.1. The van der Waals surface area contributed by atoms with Gasteiger partial charge < -0.3 is 26.5 Å². The van der Waals surface area contributed by atoms with E-state index in [1.54, 1.807) is 14.2 Å². The molecule has 0 saturated heterocycles. The predicted molar refractivity (Wildman–Crippen MR) is 208 cm³/mol. The lowest BCUT2D eigenvalue weighted by Gasteiger charge is -2.25. The number of hydrogen-bond acceptors (Lipinski definition) is 2. The van der Waals surface area contributed by atoms with Crippen LogP contribution in [0.25, 0.3) is 17.2 Å². The summed E-state index contributed by atoms with van der Waals surface area (Å²) >= 11 is 0. The van der Waals surface area contributed by atoms with E-state index in [4.69, 9.17) is 9.47 Å². The van der Waals surface area contributed by atoms with Crippen molar-refractivity contribution in [1.82, 2.24) is 0 Å². The fourth-order valence-corrected chi connectivity index (χ4v) is 9.09. The summed E-state index contributed by atoms with van der Waals surface area (Å²) in [6.45, 7) is 4.67. The van der Waals surface area contributed by atoms with Crippen molar-refractivity contribution in [2.75, 3.05) is 20.9 Å². The maximum Gasteiger partial charge on any atom is 0.118 e. The first-order chi connectivity index (χ1) is 23.1. The molecule has 0 aromatic heterocycles. The average molecular weight is 722 g/mol. The number of halogens is 1. The fourth-order valence-electron chi connectivity index (χ4n) is 5.63. The zero-order valence-corrected chi connectivity index (χ0v) is 31.4. The third-order valence-corrected chi connectivity index (χ3v) is 12.4. The van der Waals surface area contributed by atoms with Crippen LogP contribution < -0.4 is 42.4 Å². The number of methoxy groups -OCH3 is 2. The van der Waals surface area contributed by atoms with Crippen LogP contribution in [0.5, 0.6) is 11.5 Å². The Morgan fingerprint density at radius 2 is 1.04 bits per heavy atom. The molecule has 0 amide bonds. The van der Waals surface area contributed by atoms with E-state index < -0.39 is 7.26 Å². The highest BCUT2D eigenvalue weighted by atomic mass is 79.9. The van der Waals surface area contributed by atoms with Crippen molar-refractivity contribution in [2.24, 2.45) is 0 Å². The summed E-state index contributed by atoms with van der Waals surface area (Å²) in [7, 11) is 1.62. The van der Waals surface area contributed by atoms with Crippen molar-refractivity contribution >= 4 is 29.3 Å². The van der Waals surface area contributed by atoms with Gasteiger partial charge in [0.1, 0.15) is 34.7 Å². The Morgan fingerprint density at radius 1 is 0.542 bits per heavy atom. The van der Waals surface area contributed by atoms with Gasteiger partial charge in [-0.05, 0) is 91.4 Å². The zero-order chi connectivity index (χ0) is 33.2. The van der Waals surface area contributed by atoms with Crippen LogP contribution in [0.4, 0.5) is 0 Å². The van der Waals surface area contributed by atoms with Crippen molar-refractivity contribution in [3.05, 3.63) is 157 Å². The van der Waals surface area contributed by atoms with Gasteiger partial charge in [0.15, 0.2) is 0 Å². The predicted octanol–water partition coefficient (Wildman–Crippen LogP) is 7.92. The van der Waals surface area contributed by atoms with E-state index >= 15 is 0 Å². The van der Waals surface area contributed by atoms with Gasteiger partial charge >= 0.3 is 0 Å². The highest BCUT2D eigenvalue weighted by Crippen LogP contribution is 2.53. The Balaban J connectivity index is 0.000000276. The van der Waals surface area contributed by atoms with Gasteiger partial charge in [0.2, 0.25) is 0 Å². The van der Waals surface area contributed by atoms with Gasteiger partial charge in [-0.3, -0.25) is 0 Å². The van der Waals surface area contributed by atoms with Crippen molar-refractivity contribution in [3.8, 4) is 22.6 Å². The van der Waals surface area contributed by atoms with Crippen LogP contribution in [-0.4, -0.2) is 20.9 Å². The van der Waals surface area contributed by atoms with Crippen LogP contribution in [0.1, 0.15) is 51.0 Å². The molecule has 4 heteroatoms. The summed E-state index contributed by atoms with van der Waals surface area (Å²) in [5.74, 6) is 1.79. The third kappa shape index (κ3) is 11.1. The monoisotopic (exact) mass is 720 g/mol. The van der Waals surface area contributed by atoms with Crippen LogP contribution in [0.2, 0.25) is 0 Å². The molecule has 2 nitrogen and oxygen atoms in total. The molecule has 0 aliphatic rings. The van der Waals surface area contributed by atoms with Gasteiger partial charge in [0, 0.05) is 5.56 Å². The molecule has 0 aliphatic carbocycles. The third-order valence-electron chi connectivity index (χ3n) is 8.40. The molecule has 48 heavy (non-hydrogen) atoms. The highest BCUT2D eigenvalue weighted by molar-refractivity contribution is 7.95. The molecular formula is C44H50BrO2P. The fraction of sp³-hybridized carbons (Fsp3) is 0.227. The summed E-state index contributed by atoms with van der Waals surface area (Å²) in [5, 5.41) is 4.18. The molecule has 0 saturated carbocycles. The summed E-state index contributed by atoms with van der Waals surface area (Å²) in [6.07, 6.45) is 16.5. The Labute approximate surface area is 300 Å². The van der Waals surface area contributed by atoms with Crippen LogP contribution in [0.3, 0.4) is 0 Å². The van der Waals surface area contributed by atoms with Crippen molar-refractivity contribution in [2.45, 2.75) is 45.4 Å². The van der Waals surface area contributed by atoms with E-state index in [2.05, 4.69) is 147 Å². The summed E-state index contributed by atoms with van der Waals surface area (Å²) < 4.78 is 10.5. The molecule has 0 spiro atoms. The molecule has 0 radical (unpaired) electrons. The average Bonchev–Trinajstić information content (AvgIpc) is 3.15. The molecule has 0 aliphatic heterocycles. The van der Waals surface area contributed by atoms with E-state index in [9.17, 15) is 0 Å². The Bertz CT molecular complexity index is 1610. The van der Waals surface area contributed by atoms with Gasteiger partial charge in [-0.15, -0.1) is 0 Å². The molecule has 0 atom stereocenters. The molecule has 0 unspecified atom stereocenters. The van der Waals surface area contributed by atoms with E-state index in [-0.39, 0.29) is 17.0 Å². The quantitative estimate of drug-likeness (QED) is 0.0660. The second-order valence-electron chi connectivity index (χ2n) is 11.6. The number of allylic oxidation sites excluding steroid dienone is 3. The molecule has 0 fully saturated rings.